The summed E-state index contributed by atoms with van der Waals surface area (Å²) >= 11 is 0. The molecular formula is C92H102Ir5N5Si5-5. The van der Waals surface area contributed by atoms with Gasteiger partial charge in [-0.2, -0.15) is 0 Å². The van der Waals surface area contributed by atoms with Crippen molar-refractivity contribution in [3.05, 3.63) is 290 Å². The van der Waals surface area contributed by atoms with Crippen LogP contribution in [-0.4, -0.2) is 65.3 Å². The molecule has 1 fully saturated rings. The Hall–Kier alpha value is -5.64. The third-order valence-electron chi connectivity index (χ3n) is 18.5. The molecule has 0 aliphatic heterocycles. The predicted octanol–water partition coefficient (Wildman–Crippen LogP) is 22.0. The maximum Gasteiger partial charge on any atom is 0.0803 e. The van der Waals surface area contributed by atoms with Crippen LogP contribution < -0.4 is 25.9 Å². The van der Waals surface area contributed by atoms with Gasteiger partial charge in [-0.15, -0.1) is 166 Å². The summed E-state index contributed by atoms with van der Waals surface area (Å²) in [5, 5.41) is 10.0. The number of pyridine rings is 5. The Morgan fingerprint density at radius 2 is 0.664 bits per heavy atom. The summed E-state index contributed by atoms with van der Waals surface area (Å²) in [6.45, 7) is 19.8. The van der Waals surface area contributed by atoms with Crippen molar-refractivity contribution in [2.45, 2.75) is 150 Å². The molecule has 14 rings (SSSR count). The van der Waals surface area contributed by atoms with Crippen LogP contribution in [0.15, 0.2) is 237 Å². The average molecular weight is 2390 g/mol. The van der Waals surface area contributed by atoms with Crippen LogP contribution in [0.5, 0.6) is 0 Å². The number of hydrogen-bond donors (Lipinski definition) is 0. The molecule has 5 radical (unpaired) electrons. The van der Waals surface area contributed by atoms with E-state index in [0.717, 1.165) is 50.8 Å². The first-order valence-electron chi connectivity index (χ1n) is 41.2. The fourth-order valence-corrected chi connectivity index (χ4v) is 20.3. The molecule has 0 spiro atoms. The number of fused-ring (bicyclic) bond motifs is 2. The van der Waals surface area contributed by atoms with Crippen molar-refractivity contribution in [1.82, 2.24) is 24.9 Å². The van der Waals surface area contributed by atoms with Crippen molar-refractivity contribution in [2.75, 3.05) is 0 Å². The Morgan fingerprint density at radius 1 is 0.327 bits per heavy atom. The van der Waals surface area contributed by atoms with Gasteiger partial charge in [0.25, 0.3) is 0 Å². The molecule has 1 aliphatic rings. The zero-order valence-corrected chi connectivity index (χ0v) is 80.3. The first-order valence-corrected chi connectivity index (χ1v) is 50.7. The molecule has 0 N–H and O–H groups in total. The Morgan fingerprint density at radius 3 is 1.03 bits per heavy atom. The van der Waals surface area contributed by atoms with E-state index in [-0.39, 0.29) is 101 Å². The van der Waals surface area contributed by atoms with Crippen LogP contribution in [0, 0.1) is 51.1 Å². The topological polar surface area (TPSA) is 64.5 Å². The standard InChI is InChI=1S/C24H22NSi.C23H26NSi.3C15H18NSi.5Ir/c1-26(2,3)24-17-25-23(16-22(24)19-10-5-4-6-11-19)21-15-9-13-18-12-7-8-14-20(18)21;1-25(2,3)23-16-24-22(15-21(23)18-10-4-5-11-18)20-14-8-12-17-9-6-7-13-19(17)20;3*1-12-10-14(13-8-6-5-7-9-13)16-11-15(12)17(2,3)4;;;;;/h4-14,16-17H,1-3H3;6-9,12-13,15-16,18H,4-5,10-11H2,1-3H3;3*5-8,10-11H,1-4H3;;;;;/q5*-1;;;;;/i;;2*2D3,3D3;;;;;;. The zero-order valence-electron chi connectivity index (χ0n) is 75.3. The summed E-state index contributed by atoms with van der Waals surface area (Å²) in [5.74, 6) is 0.721. The van der Waals surface area contributed by atoms with Crippen molar-refractivity contribution in [1.29, 1.82) is 0 Å². The molecule has 5 aromatic heterocycles. The molecule has 565 valence electrons. The van der Waals surface area contributed by atoms with E-state index < -0.39 is 66.3 Å². The Bertz CT molecular complexity index is 5290. The molecule has 0 atom stereocenters. The number of benzene rings is 8. The molecule has 5 heterocycles. The van der Waals surface area contributed by atoms with Gasteiger partial charge in [-0.1, -0.05) is 253 Å². The van der Waals surface area contributed by atoms with E-state index in [0.29, 0.717) is 32.9 Å². The Balaban J connectivity index is 0.000000264. The summed E-state index contributed by atoms with van der Waals surface area (Å²) < 4.78 is 93.5. The molecule has 0 saturated heterocycles. The fourth-order valence-electron chi connectivity index (χ4n) is 13.2. The SMILES string of the molecule is C[Si](C)(C)c1cnc(-c2[c-]ccc3ccccc23)cc1-c1ccccc1.C[Si](C)(C)c1cnc(-c2[c-]ccc3ccccc23)cc1C1CCCC1.Cc1cc(-c2[c-]cccc2)ncc1[Si](C)(C)C.[2H]C([2H])([2H])[Si](C)(c1cnc(-c2[c-]cccc2)cc1C)C([2H])([2H])[2H].[2H]C([2H])([2H])[Si](C)(c1cnc(-c2[c-]cccc2)cc1C)C([2H])([2H])[2H].[Ir].[Ir].[Ir].[Ir].[Ir]. The summed E-state index contributed by atoms with van der Waals surface area (Å²) in [7, 11) is -11.7. The van der Waals surface area contributed by atoms with E-state index >= 15 is 0 Å². The van der Waals surface area contributed by atoms with Crippen molar-refractivity contribution >= 4 is 87.8 Å². The van der Waals surface area contributed by atoms with Crippen molar-refractivity contribution in [2.24, 2.45) is 0 Å². The zero-order chi connectivity index (χ0) is 83.0. The summed E-state index contributed by atoms with van der Waals surface area (Å²) in [6.07, 6.45) is 14.6. The summed E-state index contributed by atoms with van der Waals surface area (Å²) in [6, 6.07) is 85.0. The molecule has 0 amide bonds. The van der Waals surface area contributed by atoms with Gasteiger partial charge in [0.2, 0.25) is 0 Å². The number of hydrogen-bond acceptors (Lipinski definition) is 5. The van der Waals surface area contributed by atoms with E-state index in [9.17, 15) is 0 Å². The molecule has 8 aromatic carbocycles. The van der Waals surface area contributed by atoms with Crippen LogP contribution in [0.3, 0.4) is 0 Å². The molecule has 0 bridgehead atoms. The predicted molar refractivity (Wildman–Crippen MR) is 453 cm³/mol. The Labute approximate surface area is 730 Å². The van der Waals surface area contributed by atoms with E-state index in [1.807, 2.05) is 66.7 Å². The van der Waals surface area contributed by atoms with Crippen LogP contribution in [0.4, 0.5) is 0 Å². The first-order chi connectivity index (χ1) is 53.5. The molecule has 0 unspecified atom stereocenters. The third-order valence-corrected chi connectivity index (χ3v) is 27.9. The minimum Gasteiger partial charge on any atom is -0.305 e. The van der Waals surface area contributed by atoms with Crippen molar-refractivity contribution in [3.63, 3.8) is 0 Å². The minimum atomic E-state index is -3.77. The smallest absolute Gasteiger partial charge is 0.0803 e. The summed E-state index contributed by atoms with van der Waals surface area (Å²) in [4.78, 5) is 22.9. The second-order valence-corrected chi connectivity index (χ2v) is 50.7. The van der Waals surface area contributed by atoms with E-state index in [2.05, 4.69) is 245 Å². The molecule has 13 aromatic rings. The van der Waals surface area contributed by atoms with Crippen LogP contribution in [0.1, 0.15) is 70.3 Å². The van der Waals surface area contributed by atoms with Crippen LogP contribution in [-0.2, 0) is 101 Å². The van der Waals surface area contributed by atoms with Gasteiger partial charge < -0.3 is 24.9 Å². The quantitative estimate of drug-likeness (QED) is 0.0901. The Kier molecular flexibility index (Phi) is 28.4. The summed E-state index contributed by atoms with van der Waals surface area (Å²) in [5.41, 5.74) is 16.0. The molecule has 5 nitrogen and oxygen atoms in total. The number of aromatic nitrogens is 5. The van der Waals surface area contributed by atoms with Crippen LogP contribution >= 0.6 is 0 Å². The number of rotatable bonds is 12. The van der Waals surface area contributed by atoms with Gasteiger partial charge in [0.05, 0.1) is 40.4 Å². The second-order valence-electron chi connectivity index (χ2n) is 30.0. The minimum absolute atomic E-state index is 0. The van der Waals surface area contributed by atoms with Gasteiger partial charge >= 0.3 is 0 Å². The maximum absolute atomic E-state index is 7.79. The van der Waals surface area contributed by atoms with Crippen LogP contribution in [0.25, 0.3) is 89.0 Å². The largest absolute Gasteiger partial charge is 0.305 e. The van der Waals surface area contributed by atoms with Crippen molar-refractivity contribution < 1.29 is 117 Å². The van der Waals surface area contributed by atoms with Gasteiger partial charge in [-0.25, -0.2) is 0 Å². The fraction of sp³-hybridized carbons (Fsp3) is 0.250. The average Bonchev–Trinajstić information content (AvgIpc) is 0.962. The monoisotopic (exact) mass is 2390 g/mol. The normalized spacial score (nSPS) is 14.1. The van der Waals surface area contributed by atoms with Gasteiger partial charge in [-0.05, 0) is 105 Å². The van der Waals surface area contributed by atoms with Crippen molar-refractivity contribution in [3.8, 4) is 67.4 Å². The molecule has 15 heteroatoms. The van der Waals surface area contributed by atoms with E-state index in [1.54, 1.807) is 48.9 Å². The first kappa shape index (κ1) is 74.1. The molecule has 107 heavy (non-hydrogen) atoms. The number of nitrogens with zero attached hydrogens (tertiary/aromatic N) is 5. The second kappa shape index (κ2) is 41.1. The van der Waals surface area contributed by atoms with E-state index in [1.165, 1.54) is 99.8 Å². The number of aryl methyl sites for hydroxylation is 3. The molecular weight excluding hydrogens is 2280 g/mol. The van der Waals surface area contributed by atoms with Gasteiger partial charge in [-0.3, -0.25) is 0 Å². The van der Waals surface area contributed by atoms with Crippen LogP contribution in [0.2, 0.25) is 97.9 Å². The van der Waals surface area contributed by atoms with Gasteiger partial charge in [0.1, 0.15) is 0 Å². The molecule has 1 saturated carbocycles. The van der Waals surface area contributed by atoms with Gasteiger partial charge in [0, 0.05) is 148 Å². The third kappa shape index (κ3) is 24.7. The van der Waals surface area contributed by atoms with E-state index in [4.69, 9.17) is 26.4 Å². The van der Waals surface area contributed by atoms with Gasteiger partial charge in [0.15, 0.2) is 0 Å². The maximum atomic E-state index is 7.79. The molecule has 1 aliphatic carbocycles.